The second kappa shape index (κ2) is 8.39. The number of ether oxygens (including phenoxy) is 1. The van der Waals surface area contributed by atoms with Crippen LogP contribution in [0.3, 0.4) is 0 Å². The summed E-state index contributed by atoms with van der Waals surface area (Å²) in [6, 6.07) is 4.11. The highest BCUT2D eigenvalue weighted by molar-refractivity contribution is 5.78. The Balaban J connectivity index is 1.45. The van der Waals surface area contributed by atoms with Crippen molar-refractivity contribution in [1.82, 2.24) is 20.0 Å². The van der Waals surface area contributed by atoms with Crippen molar-refractivity contribution in [3.05, 3.63) is 18.3 Å². The van der Waals surface area contributed by atoms with Gasteiger partial charge in [0.05, 0.1) is 19.3 Å². The standard InChI is InChI=1S/C17H27N5O2/c1-14-5-2-3-8-22(14)17(23)13-21-9-10-24-15(12-21)11-18-16-6-4-7-19-20-16/h4,6-7,14-15H,2-3,5,8-13H2,1H3,(H,18,20)/t14-,15+/m1/s1. The molecule has 1 aromatic heterocycles. The summed E-state index contributed by atoms with van der Waals surface area (Å²) >= 11 is 0. The monoisotopic (exact) mass is 333 g/mol. The molecule has 2 fully saturated rings. The Morgan fingerprint density at radius 3 is 3.12 bits per heavy atom. The number of carbonyl (C=O) groups excluding carboxylic acids is 1. The molecule has 3 heterocycles. The van der Waals surface area contributed by atoms with Crippen LogP contribution in [0.5, 0.6) is 0 Å². The Bertz CT molecular complexity index is 527. The van der Waals surface area contributed by atoms with Gasteiger partial charge in [0.1, 0.15) is 5.82 Å². The number of piperidine rings is 1. The number of rotatable bonds is 5. The number of morpholine rings is 1. The van der Waals surface area contributed by atoms with Gasteiger partial charge in [-0.3, -0.25) is 9.69 Å². The van der Waals surface area contributed by atoms with E-state index in [0.29, 0.717) is 25.7 Å². The third-order valence-electron chi connectivity index (χ3n) is 4.79. The van der Waals surface area contributed by atoms with E-state index < -0.39 is 0 Å². The molecule has 1 aromatic rings. The number of nitrogens with zero attached hydrogens (tertiary/aromatic N) is 4. The number of amides is 1. The third-order valence-corrected chi connectivity index (χ3v) is 4.79. The normalized spacial score (nSPS) is 25.5. The fourth-order valence-corrected chi connectivity index (χ4v) is 3.41. The fraction of sp³-hybridized carbons (Fsp3) is 0.706. The van der Waals surface area contributed by atoms with E-state index in [1.54, 1.807) is 6.20 Å². The minimum atomic E-state index is 0.0623. The predicted molar refractivity (Wildman–Crippen MR) is 91.7 cm³/mol. The van der Waals surface area contributed by atoms with Gasteiger partial charge >= 0.3 is 0 Å². The Labute approximate surface area is 143 Å². The summed E-state index contributed by atoms with van der Waals surface area (Å²) in [4.78, 5) is 16.8. The lowest BCUT2D eigenvalue weighted by molar-refractivity contribution is -0.137. The van der Waals surface area contributed by atoms with Crippen molar-refractivity contribution in [2.75, 3.05) is 44.6 Å². The van der Waals surface area contributed by atoms with Gasteiger partial charge in [-0.2, -0.15) is 5.10 Å². The summed E-state index contributed by atoms with van der Waals surface area (Å²) in [5, 5.41) is 11.1. The maximum Gasteiger partial charge on any atom is 0.236 e. The molecule has 0 spiro atoms. The summed E-state index contributed by atoms with van der Waals surface area (Å²) in [6.45, 7) is 6.47. The molecular weight excluding hydrogens is 306 g/mol. The van der Waals surface area contributed by atoms with Crippen LogP contribution in [0.1, 0.15) is 26.2 Å². The van der Waals surface area contributed by atoms with E-state index in [4.69, 9.17) is 4.74 Å². The van der Waals surface area contributed by atoms with Crippen LogP contribution in [0.4, 0.5) is 5.82 Å². The molecule has 2 aliphatic heterocycles. The molecule has 2 atom stereocenters. The fourth-order valence-electron chi connectivity index (χ4n) is 3.41. The highest BCUT2D eigenvalue weighted by atomic mass is 16.5. The molecule has 7 nitrogen and oxygen atoms in total. The summed E-state index contributed by atoms with van der Waals surface area (Å²) in [7, 11) is 0. The second-order valence-electron chi connectivity index (χ2n) is 6.65. The molecule has 132 valence electrons. The van der Waals surface area contributed by atoms with Gasteiger partial charge in [0.25, 0.3) is 0 Å². The van der Waals surface area contributed by atoms with E-state index in [9.17, 15) is 4.79 Å². The molecule has 0 bridgehead atoms. The van der Waals surface area contributed by atoms with Gasteiger partial charge in [0.15, 0.2) is 0 Å². The van der Waals surface area contributed by atoms with Gasteiger partial charge in [0, 0.05) is 38.4 Å². The molecular formula is C17H27N5O2. The van der Waals surface area contributed by atoms with Gasteiger partial charge in [-0.15, -0.1) is 5.10 Å². The van der Waals surface area contributed by atoms with Gasteiger partial charge < -0.3 is 15.0 Å². The van der Waals surface area contributed by atoms with Crippen LogP contribution >= 0.6 is 0 Å². The SMILES string of the molecule is C[C@@H]1CCCCN1C(=O)CN1CCO[C@@H](CNc2cccnn2)C1. The van der Waals surface area contributed by atoms with Crippen LogP contribution in [-0.2, 0) is 9.53 Å². The predicted octanol–water partition coefficient (Wildman–Crippen LogP) is 0.990. The first-order valence-corrected chi connectivity index (χ1v) is 8.87. The van der Waals surface area contributed by atoms with Crippen molar-refractivity contribution in [3.63, 3.8) is 0 Å². The smallest absolute Gasteiger partial charge is 0.236 e. The van der Waals surface area contributed by atoms with E-state index in [-0.39, 0.29) is 12.0 Å². The second-order valence-corrected chi connectivity index (χ2v) is 6.65. The van der Waals surface area contributed by atoms with Crippen molar-refractivity contribution in [3.8, 4) is 0 Å². The van der Waals surface area contributed by atoms with E-state index in [1.165, 1.54) is 6.42 Å². The van der Waals surface area contributed by atoms with Crippen molar-refractivity contribution >= 4 is 11.7 Å². The summed E-state index contributed by atoms with van der Waals surface area (Å²) in [6.07, 6.45) is 5.20. The number of hydrogen-bond acceptors (Lipinski definition) is 6. The number of carbonyl (C=O) groups is 1. The average molecular weight is 333 g/mol. The van der Waals surface area contributed by atoms with Crippen molar-refractivity contribution in [2.24, 2.45) is 0 Å². The third kappa shape index (κ3) is 4.64. The molecule has 3 rings (SSSR count). The summed E-state index contributed by atoms with van der Waals surface area (Å²) < 4.78 is 5.80. The summed E-state index contributed by atoms with van der Waals surface area (Å²) in [5.41, 5.74) is 0. The topological polar surface area (TPSA) is 70.6 Å². The van der Waals surface area contributed by atoms with Gasteiger partial charge in [-0.25, -0.2) is 0 Å². The van der Waals surface area contributed by atoms with Crippen molar-refractivity contribution < 1.29 is 9.53 Å². The van der Waals surface area contributed by atoms with Crippen LogP contribution in [0.2, 0.25) is 0 Å². The van der Waals surface area contributed by atoms with Crippen LogP contribution in [0.25, 0.3) is 0 Å². The van der Waals surface area contributed by atoms with Crippen molar-refractivity contribution in [2.45, 2.75) is 38.3 Å². The van der Waals surface area contributed by atoms with Gasteiger partial charge in [-0.05, 0) is 38.3 Å². The highest BCUT2D eigenvalue weighted by Gasteiger charge is 2.27. The minimum Gasteiger partial charge on any atom is -0.374 e. The maximum absolute atomic E-state index is 12.6. The number of aromatic nitrogens is 2. The van der Waals surface area contributed by atoms with Crippen LogP contribution in [-0.4, -0.2) is 77.4 Å². The molecule has 2 saturated heterocycles. The molecule has 1 N–H and O–H groups in total. The zero-order valence-electron chi connectivity index (χ0n) is 14.4. The van der Waals surface area contributed by atoms with Crippen LogP contribution in [0.15, 0.2) is 18.3 Å². The molecule has 1 amide bonds. The minimum absolute atomic E-state index is 0.0623. The zero-order valence-corrected chi connectivity index (χ0v) is 14.4. The molecule has 0 aliphatic carbocycles. The van der Waals surface area contributed by atoms with Crippen molar-refractivity contribution in [1.29, 1.82) is 0 Å². The Morgan fingerprint density at radius 2 is 2.33 bits per heavy atom. The number of anilines is 1. The lowest BCUT2D eigenvalue weighted by atomic mass is 10.0. The summed E-state index contributed by atoms with van der Waals surface area (Å²) in [5.74, 6) is 1.00. The van der Waals surface area contributed by atoms with E-state index >= 15 is 0 Å². The van der Waals surface area contributed by atoms with E-state index in [2.05, 4.69) is 27.3 Å². The number of hydrogen-bond donors (Lipinski definition) is 1. The van der Waals surface area contributed by atoms with E-state index in [0.717, 1.165) is 38.3 Å². The molecule has 24 heavy (non-hydrogen) atoms. The molecule has 7 heteroatoms. The highest BCUT2D eigenvalue weighted by Crippen LogP contribution is 2.17. The van der Waals surface area contributed by atoms with Crippen LogP contribution in [0, 0.1) is 0 Å². The Morgan fingerprint density at radius 1 is 1.42 bits per heavy atom. The largest absolute Gasteiger partial charge is 0.374 e. The molecule has 0 unspecified atom stereocenters. The molecule has 0 radical (unpaired) electrons. The molecule has 0 aromatic carbocycles. The lowest BCUT2D eigenvalue weighted by Crippen LogP contribution is -2.51. The number of nitrogens with one attached hydrogen (secondary N) is 1. The first kappa shape index (κ1) is 17.1. The van der Waals surface area contributed by atoms with E-state index in [1.807, 2.05) is 17.0 Å². The first-order chi connectivity index (χ1) is 11.7. The van der Waals surface area contributed by atoms with Gasteiger partial charge in [-0.1, -0.05) is 0 Å². The van der Waals surface area contributed by atoms with Gasteiger partial charge in [0.2, 0.25) is 5.91 Å². The van der Waals surface area contributed by atoms with Crippen LogP contribution < -0.4 is 5.32 Å². The quantitative estimate of drug-likeness (QED) is 0.866. The zero-order chi connectivity index (χ0) is 16.8. The Hall–Kier alpha value is -1.73. The maximum atomic E-state index is 12.6. The molecule has 2 aliphatic rings. The number of likely N-dealkylation sites (tertiary alicyclic amines) is 1. The Kier molecular flexibility index (Phi) is 5.98. The average Bonchev–Trinajstić information content (AvgIpc) is 2.61. The lowest BCUT2D eigenvalue weighted by Gasteiger charge is -2.37. The molecule has 0 saturated carbocycles. The first-order valence-electron chi connectivity index (χ1n) is 8.87.